The van der Waals surface area contributed by atoms with Gasteiger partial charge in [0.15, 0.2) is 0 Å². The van der Waals surface area contributed by atoms with Crippen LogP contribution in [0.2, 0.25) is 0 Å². The number of rotatable bonds is 2. The van der Waals surface area contributed by atoms with Crippen molar-refractivity contribution in [3.8, 4) is 0 Å². The number of urea groups is 1. The van der Waals surface area contributed by atoms with Crippen molar-refractivity contribution in [3.05, 3.63) is 12.2 Å². The van der Waals surface area contributed by atoms with E-state index >= 15 is 0 Å². The van der Waals surface area contributed by atoms with Crippen molar-refractivity contribution < 1.29 is 43.9 Å². The predicted octanol–water partition coefficient (Wildman–Crippen LogP) is -2.43. The average Bonchev–Trinajstić information content (AvgIpc) is 2.14. The van der Waals surface area contributed by atoms with E-state index in [1.54, 1.807) is 19.1 Å². The zero-order valence-electron chi connectivity index (χ0n) is 9.96. The van der Waals surface area contributed by atoms with Gasteiger partial charge in [0.05, 0.1) is 0 Å². The molecule has 5 nitrogen and oxygen atoms in total. The van der Waals surface area contributed by atoms with E-state index in [2.05, 4.69) is 10.6 Å². The van der Waals surface area contributed by atoms with Crippen LogP contribution in [0.5, 0.6) is 0 Å². The van der Waals surface area contributed by atoms with Gasteiger partial charge in [0, 0.05) is 0 Å². The minimum Gasteiger partial charge on any atom is -0.277 e. The summed E-state index contributed by atoms with van der Waals surface area (Å²) in [4.78, 5) is 34.1. The standard InChI is InChI=1S/C10H14N2O3.Na/c1-4-5-6(2)10(3)7(13)11-9(15)12-8(10)14;/h4-6H,1-3H3,(H2,11,12,13,14,15);/q;+1/b5-4+;. The Morgan fingerprint density at radius 1 is 1.19 bits per heavy atom. The summed E-state index contributed by atoms with van der Waals surface area (Å²) in [5.41, 5.74) is -1.22. The van der Waals surface area contributed by atoms with E-state index in [0.29, 0.717) is 0 Å². The largest absolute Gasteiger partial charge is 1.00 e. The molecule has 1 heterocycles. The fourth-order valence-electron chi connectivity index (χ4n) is 1.49. The van der Waals surface area contributed by atoms with E-state index in [1.807, 2.05) is 6.92 Å². The fourth-order valence-corrected chi connectivity index (χ4v) is 1.49. The molecule has 1 saturated heterocycles. The molecule has 0 aliphatic carbocycles. The second-order valence-electron chi connectivity index (χ2n) is 3.75. The van der Waals surface area contributed by atoms with Crippen molar-refractivity contribution in [2.45, 2.75) is 20.8 Å². The molecule has 0 bridgehead atoms. The van der Waals surface area contributed by atoms with Crippen molar-refractivity contribution >= 4 is 17.8 Å². The predicted molar refractivity (Wildman–Crippen MR) is 53.8 cm³/mol. The van der Waals surface area contributed by atoms with Crippen LogP contribution in [0.4, 0.5) is 4.79 Å². The van der Waals surface area contributed by atoms with E-state index in [4.69, 9.17) is 0 Å². The van der Waals surface area contributed by atoms with E-state index < -0.39 is 23.3 Å². The maximum atomic E-state index is 11.6. The summed E-state index contributed by atoms with van der Waals surface area (Å²) in [7, 11) is 0. The second-order valence-corrected chi connectivity index (χ2v) is 3.75. The van der Waals surface area contributed by atoms with E-state index in [1.165, 1.54) is 6.92 Å². The maximum Gasteiger partial charge on any atom is 1.00 e. The maximum absolute atomic E-state index is 11.6. The van der Waals surface area contributed by atoms with E-state index in [9.17, 15) is 14.4 Å². The molecule has 1 rings (SSSR count). The topological polar surface area (TPSA) is 75.3 Å². The fraction of sp³-hybridized carbons (Fsp3) is 0.500. The van der Waals surface area contributed by atoms with Gasteiger partial charge in [-0.1, -0.05) is 19.1 Å². The number of hydrogen-bond acceptors (Lipinski definition) is 3. The summed E-state index contributed by atoms with van der Waals surface area (Å²) in [5.74, 6) is -1.38. The first-order valence-electron chi connectivity index (χ1n) is 4.72. The Morgan fingerprint density at radius 2 is 1.62 bits per heavy atom. The van der Waals surface area contributed by atoms with Crippen molar-refractivity contribution in [1.82, 2.24) is 10.6 Å². The van der Waals surface area contributed by atoms with Crippen LogP contribution in [0.15, 0.2) is 12.2 Å². The molecule has 0 aromatic heterocycles. The molecule has 2 N–H and O–H groups in total. The molecule has 16 heavy (non-hydrogen) atoms. The smallest absolute Gasteiger partial charge is 0.277 e. The Kier molecular flexibility index (Phi) is 5.38. The Bertz CT molecular complexity index is 332. The summed E-state index contributed by atoms with van der Waals surface area (Å²) >= 11 is 0. The van der Waals surface area contributed by atoms with Gasteiger partial charge in [0.1, 0.15) is 5.41 Å². The molecule has 1 fully saturated rings. The Balaban J connectivity index is 0.00000225. The molecule has 0 aromatic carbocycles. The molecular weight excluding hydrogens is 219 g/mol. The van der Waals surface area contributed by atoms with Gasteiger partial charge in [-0.2, -0.15) is 0 Å². The van der Waals surface area contributed by atoms with Gasteiger partial charge < -0.3 is 0 Å². The van der Waals surface area contributed by atoms with Gasteiger partial charge in [-0.05, 0) is 19.8 Å². The number of carbonyl (C=O) groups excluding carboxylic acids is 3. The molecule has 0 radical (unpaired) electrons. The molecule has 6 heteroatoms. The van der Waals surface area contributed by atoms with Crippen molar-refractivity contribution in [3.63, 3.8) is 0 Å². The summed E-state index contributed by atoms with van der Waals surface area (Å²) in [6, 6.07) is -0.754. The Labute approximate surface area is 116 Å². The molecular formula is C10H14N2NaO3+. The number of amides is 4. The molecule has 0 spiro atoms. The number of nitrogens with one attached hydrogen (secondary N) is 2. The van der Waals surface area contributed by atoms with Crippen molar-refractivity contribution in [2.75, 3.05) is 0 Å². The minimum absolute atomic E-state index is 0. The second kappa shape index (κ2) is 5.61. The Hall–Kier alpha value is -0.650. The van der Waals surface area contributed by atoms with Gasteiger partial charge in [-0.25, -0.2) is 4.79 Å². The Morgan fingerprint density at radius 3 is 2.00 bits per heavy atom. The van der Waals surface area contributed by atoms with Gasteiger partial charge in [-0.15, -0.1) is 0 Å². The van der Waals surface area contributed by atoms with Crippen molar-refractivity contribution in [1.29, 1.82) is 0 Å². The van der Waals surface area contributed by atoms with Crippen LogP contribution in [0.3, 0.4) is 0 Å². The molecule has 4 amide bonds. The van der Waals surface area contributed by atoms with Crippen LogP contribution in [-0.2, 0) is 9.59 Å². The zero-order valence-corrected chi connectivity index (χ0v) is 12.0. The molecule has 0 aromatic rings. The normalized spacial score (nSPS) is 21.1. The summed E-state index contributed by atoms with van der Waals surface area (Å²) in [6.45, 7) is 5.09. The van der Waals surface area contributed by atoms with Crippen LogP contribution in [0.25, 0.3) is 0 Å². The van der Waals surface area contributed by atoms with E-state index in [0.717, 1.165) is 0 Å². The first-order valence-corrected chi connectivity index (χ1v) is 4.72. The molecule has 1 atom stereocenters. The van der Waals surface area contributed by atoms with Crippen molar-refractivity contribution in [2.24, 2.45) is 11.3 Å². The van der Waals surface area contributed by atoms with Gasteiger partial charge >= 0.3 is 35.6 Å². The van der Waals surface area contributed by atoms with Crippen LogP contribution in [0.1, 0.15) is 20.8 Å². The third-order valence-corrected chi connectivity index (χ3v) is 2.79. The van der Waals surface area contributed by atoms with Gasteiger partial charge in [-0.3, -0.25) is 20.2 Å². The number of allylic oxidation sites excluding steroid dienone is 2. The summed E-state index contributed by atoms with van der Waals surface area (Å²) in [6.07, 6.45) is 3.53. The molecule has 1 aliphatic heterocycles. The van der Waals surface area contributed by atoms with Gasteiger partial charge in [0.25, 0.3) is 0 Å². The third kappa shape index (κ3) is 2.53. The first kappa shape index (κ1) is 15.3. The quantitative estimate of drug-likeness (QED) is 0.316. The SMILES string of the molecule is C/C=C/C(C)C1(C)C(=O)NC(=O)NC1=O.[Na+]. The minimum atomic E-state index is -1.22. The van der Waals surface area contributed by atoms with Crippen LogP contribution < -0.4 is 40.2 Å². The first-order chi connectivity index (χ1) is 6.92. The monoisotopic (exact) mass is 233 g/mol. The van der Waals surface area contributed by atoms with E-state index in [-0.39, 0.29) is 35.5 Å². The average molecular weight is 233 g/mol. The van der Waals surface area contributed by atoms with Crippen LogP contribution >= 0.6 is 0 Å². The summed E-state index contributed by atoms with van der Waals surface area (Å²) in [5, 5.41) is 4.19. The third-order valence-electron chi connectivity index (χ3n) is 2.79. The molecule has 82 valence electrons. The van der Waals surface area contributed by atoms with Crippen LogP contribution in [-0.4, -0.2) is 17.8 Å². The van der Waals surface area contributed by atoms with Crippen LogP contribution in [0, 0.1) is 11.3 Å². The molecule has 0 saturated carbocycles. The summed E-state index contributed by atoms with van der Waals surface area (Å²) < 4.78 is 0. The zero-order chi connectivity index (χ0) is 11.6. The number of carbonyl (C=O) groups is 3. The molecule has 1 aliphatic rings. The van der Waals surface area contributed by atoms with Gasteiger partial charge in [0.2, 0.25) is 11.8 Å². The number of barbiturate groups is 1. The number of hydrogen-bond donors (Lipinski definition) is 2. The molecule has 1 unspecified atom stereocenters. The number of imide groups is 2.